The Bertz CT molecular complexity index is 979. The average Bonchev–Trinajstić information content (AvgIpc) is 3.14. The Morgan fingerprint density at radius 1 is 1.11 bits per heavy atom. The maximum Gasteiger partial charge on any atom is 0.339 e. The molecule has 0 amide bonds. The number of carbonyl (C=O) groups is 1. The number of ether oxygens (including phenoxy) is 1. The molecule has 27 heavy (non-hydrogen) atoms. The van der Waals surface area contributed by atoms with Crippen LogP contribution in [0.3, 0.4) is 0 Å². The summed E-state index contributed by atoms with van der Waals surface area (Å²) in [4.78, 5) is 11.7. The fraction of sp³-hybridized carbons (Fsp3) is 0.105. The van der Waals surface area contributed by atoms with Gasteiger partial charge in [-0.25, -0.2) is 9.18 Å². The number of thioether (sulfide) groups is 1. The highest BCUT2D eigenvalue weighted by Gasteiger charge is 2.08. The summed E-state index contributed by atoms with van der Waals surface area (Å²) in [6.45, 7) is -0.0589. The van der Waals surface area contributed by atoms with Crippen molar-refractivity contribution in [2.24, 2.45) is 0 Å². The van der Waals surface area contributed by atoms with Crippen molar-refractivity contribution in [3.05, 3.63) is 64.9 Å². The molecule has 8 heteroatoms. The third kappa shape index (κ3) is 5.58. The first-order valence-corrected chi connectivity index (χ1v) is 9.09. The Kier molecular flexibility index (Phi) is 6.47. The number of hydrogen-bond acceptors (Lipinski definition) is 6. The zero-order chi connectivity index (χ0) is 19.1. The highest BCUT2D eigenvalue weighted by atomic mass is 35.5. The Morgan fingerprint density at radius 3 is 2.59 bits per heavy atom. The minimum Gasteiger partial charge on any atom is -0.449 e. The van der Waals surface area contributed by atoms with E-state index in [0.717, 1.165) is 5.56 Å². The van der Waals surface area contributed by atoms with Gasteiger partial charge in [-0.15, -0.1) is 10.2 Å². The maximum absolute atomic E-state index is 12.8. The Hall–Kier alpha value is -2.82. The van der Waals surface area contributed by atoms with Crippen molar-refractivity contribution in [2.45, 2.75) is 5.22 Å². The van der Waals surface area contributed by atoms with Crippen LogP contribution in [0.15, 0.2) is 58.2 Å². The zero-order valence-corrected chi connectivity index (χ0v) is 15.4. The van der Waals surface area contributed by atoms with Crippen LogP contribution in [-0.4, -0.2) is 28.5 Å². The second kappa shape index (κ2) is 9.21. The molecule has 0 unspecified atom stereocenters. The normalized spacial score (nSPS) is 10.1. The molecule has 0 atom stereocenters. The van der Waals surface area contributed by atoms with E-state index in [1.807, 2.05) is 0 Å². The van der Waals surface area contributed by atoms with E-state index in [1.54, 1.807) is 24.3 Å². The molecule has 5 nitrogen and oxygen atoms in total. The lowest BCUT2D eigenvalue weighted by Gasteiger charge is -2.00. The van der Waals surface area contributed by atoms with Gasteiger partial charge in [0.15, 0.2) is 6.61 Å². The van der Waals surface area contributed by atoms with Gasteiger partial charge in [0, 0.05) is 10.6 Å². The monoisotopic (exact) mass is 402 g/mol. The van der Waals surface area contributed by atoms with Crippen molar-refractivity contribution in [1.29, 1.82) is 0 Å². The Balaban J connectivity index is 1.43. The SMILES string of the molecule is O=C(OCC#CCSc1nnc(-c2ccc(Cl)cc2)o1)c1ccc(F)cc1. The molecule has 0 aliphatic heterocycles. The smallest absolute Gasteiger partial charge is 0.339 e. The van der Waals surface area contributed by atoms with Crippen LogP contribution in [0.2, 0.25) is 5.02 Å². The number of nitrogens with zero attached hydrogens (tertiary/aromatic N) is 2. The van der Waals surface area contributed by atoms with Crippen molar-refractivity contribution in [3.8, 4) is 23.3 Å². The number of hydrogen-bond donors (Lipinski definition) is 0. The number of halogens is 2. The minimum absolute atomic E-state index is 0.0589. The molecule has 3 rings (SSSR count). The summed E-state index contributed by atoms with van der Waals surface area (Å²) in [7, 11) is 0. The molecule has 2 aromatic carbocycles. The third-order valence-corrected chi connectivity index (χ3v) is 4.20. The fourth-order valence-corrected chi connectivity index (χ4v) is 2.61. The molecular formula is C19H12ClFN2O3S. The molecule has 0 bridgehead atoms. The van der Waals surface area contributed by atoms with E-state index in [9.17, 15) is 9.18 Å². The van der Waals surface area contributed by atoms with Gasteiger partial charge < -0.3 is 9.15 Å². The van der Waals surface area contributed by atoms with Crippen LogP contribution in [0.1, 0.15) is 10.4 Å². The molecule has 1 heterocycles. The van der Waals surface area contributed by atoms with E-state index in [0.29, 0.717) is 21.9 Å². The van der Waals surface area contributed by atoms with Gasteiger partial charge in [-0.3, -0.25) is 0 Å². The first-order chi connectivity index (χ1) is 13.1. The van der Waals surface area contributed by atoms with Crippen LogP contribution in [-0.2, 0) is 4.74 Å². The van der Waals surface area contributed by atoms with E-state index >= 15 is 0 Å². The fourth-order valence-electron chi connectivity index (χ4n) is 1.95. The molecule has 0 N–H and O–H groups in total. The zero-order valence-electron chi connectivity index (χ0n) is 13.8. The standard InChI is InChI=1S/C19H12ClFN2O3S/c20-15-7-3-13(4-8-15)17-22-23-19(26-17)27-12-2-1-11-25-18(24)14-5-9-16(21)10-6-14/h3-10H,11-12H2. The number of rotatable bonds is 5. The van der Waals surface area contributed by atoms with Crippen LogP contribution in [0.25, 0.3) is 11.5 Å². The highest BCUT2D eigenvalue weighted by Crippen LogP contribution is 2.23. The Labute approximate surface area is 163 Å². The van der Waals surface area contributed by atoms with Gasteiger partial charge in [0.25, 0.3) is 5.22 Å². The van der Waals surface area contributed by atoms with E-state index in [1.165, 1.54) is 36.0 Å². The molecule has 0 saturated heterocycles. The van der Waals surface area contributed by atoms with Crippen molar-refractivity contribution < 1.29 is 18.3 Å². The van der Waals surface area contributed by atoms with Gasteiger partial charge in [0.2, 0.25) is 5.89 Å². The number of benzene rings is 2. The summed E-state index contributed by atoms with van der Waals surface area (Å²) < 4.78 is 23.3. The lowest BCUT2D eigenvalue weighted by atomic mass is 10.2. The van der Waals surface area contributed by atoms with Gasteiger partial charge in [0.05, 0.1) is 11.3 Å². The van der Waals surface area contributed by atoms with Crippen LogP contribution in [0.5, 0.6) is 0 Å². The van der Waals surface area contributed by atoms with Crippen molar-refractivity contribution in [2.75, 3.05) is 12.4 Å². The first-order valence-electron chi connectivity index (χ1n) is 7.72. The summed E-state index contributed by atoms with van der Waals surface area (Å²) in [6, 6.07) is 12.2. The molecule has 1 aromatic heterocycles. The summed E-state index contributed by atoms with van der Waals surface area (Å²) in [5.41, 5.74) is 1.05. The van der Waals surface area contributed by atoms with E-state index in [4.69, 9.17) is 20.8 Å². The largest absolute Gasteiger partial charge is 0.449 e. The number of esters is 1. The molecule has 0 aliphatic carbocycles. The molecular weight excluding hydrogens is 391 g/mol. The van der Waals surface area contributed by atoms with Crippen LogP contribution in [0, 0.1) is 17.7 Å². The average molecular weight is 403 g/mol. The summed E-state index contributed by atoms with van der Waals surface area (Å²) >= 11 is 7.12. The predicted molar refractivity (Wildman–Crippen MR) is 99.9 cm³/mol. The molecule has 0 fully saturated rings. The second-order valence-corrected chi connectivity index (χ2v) is 6.47. The van der Waals surface area contributed by atoms with E-state index in [-0.39, 0.29) is 12.2 Å². The summed E-state index contributed by atoms with van der Waals surface area (Å²) in [5.74, 6) is 5.39. The van der Waals surface area contributed by atoms with Crippen molar-refractivity contribution in [3.63, 3.8) is 0 Å². The lowest BCUT2D eigenvalue weighted by Crippen LogP contribution is -2.05. The topological polar surface area (TPSA) is 65.2 Å². The van der Waals surface area contributed by atoms with Crippen LogP contribution < -0.4 is 0 Å². The van der Waals surface area contributed by atoms with E-state index in [2.05, 4.69) is 22.0 Å². The van der Waals surface area contributed by atoms with Crippen LogP contribution >= 0.6 is 23.4 Å². The van der Waals surface area contributed by atoms with E-state index < -0.39 is 11.8 Å². The second-order valence-electron chi connectivity index (χ2n) is 5.11. The molecule has 0 saturated carbocycles. The van der Waals surface area contributed by atoms with Gasteiger partial charge in [-0.2, -0.15) is 0 Å². The van der Waals surface area contributed by atoms with Crippen molar-refractivity contribution in [1.82, 2.24) is 10.2 Å². The molecule has 3 aromatic rings. The number of carbonyl (C=O) groups excluding carboxylic acids is 1. The summed E-state index contributed by atoms with van der Waals surface area (Å²) in [6.07, 6.45) is 0. The Morgan fingerprint density at radius 2 is 1.85 bits per heavy atom. The maximum atomic E-state index is 12.8. The quantitative estimate of drug-likeness (QED) is 0.356. The number of aromatic nitrogens is 2. The van der Waals surface area contributed by atoms with Crippen LogP contribution in [0.4, 0.5) is 4.39 Å². The molecule has 0 spiro atoms. The van der Waals surface area contributed by atoms with Crippen molar-refractivity contribution >= 4 is 29.3 Å². The van der Waals surface area contributed by atoms with Gasteiger partial charge >= 0.3 is 5.97 Å². The lowest BCUT2D eigenvalue weighted by molar-refractivity contribution is 0.0556. The highest BCUT2D eigenvalue weighted by molar-refractivity contribution is 7.99. The first kappa shape index (κ1) is 19.0. The predicted octanol–water partition coefficient (Wildman–Crippen LogP) is 4.48. The molecule has 136 valence electrons. The third-order valence-electron chi connectivity index (χ3n) is 3.25. The van der Waals surface area contributed by atoms with Gasteiger partial charge in [-0.05, 0) is 48.5 Å². The summed E-state index contributed by atoms with van der Waals surface area (Å²) in [5, 5.41) is 8.92. The van der Waals surface area contributed by atoms with Gasteiger partial charge in [-0.1, -0.05) is 35.2 Å². The van der Waals surface area contributed by atoms with Gasteiger partial charge in [0.1, 0.15) is 5.82 Å². The molecule has 0 aliphatic rings. The molecule has 0 radical (unpaired) electrons. The minimum atomic E-state index is -0.554.